The van der Waals surface area contributed by atoms with Crippen LogP contribution in [0.15, 0.2) is 6.20 Å². The van der Waals surface area contributed by atoms with E-state index in [1.165, 1.54) is 0 Å². The number of aliphatic hydroxyl groups excluding tert-OH is 1. The molecule has 0 spiro atoms. The number of fused-ring (bicyclic) bond motifs is 1. The molecule has 4 rings (SSSR count). The number of hydrogen-bond donors (Lipinski definition) is 2. The van der Waals surface area contributed by atoms with Gasteiger partial charge in [0.15, 0.2) is 11.9 Å². The van der Waals surface area contributed by atoms with Gasteiger partial charge in [0.1, 0.15) is 24.0 Å². The van der Waals surface area contributed by atoms with Gasteiger partial charge in [-0.3, -0.25) is 9.59 Å². The summed E-state index contributed by atoms with van der Waals surface area (Å²) in [7, 11) is 5.37. The lowest BCUT2D eigenvalue weighted by molar-refractivity contribution is -0.300. The number of aromatic nitrogens is 3. The van der Waals surface area contributed by atoms with Gasteiger partial charge < -0.3 is 38.3 Å². The molecule has 0 aliphatic carbocycles. The summed E-state index contributed by atoms with van der Waals surface area (Å²) in [5, 5.41) is 21.0. The maximum atomic E-state index is 14.3. The Balaban J connectivity index is 1.68. The molecule has 1 amide bonds. The van der Waals surface area contributed by atoms with Crippen LogP contribution in [-0.4, -0.2) is 130 Å². The van der Waals surface area contributed by atoms with Gasteiger partial charge in [-0.25, -0.2) is 15.6 Å². The molecule has 15 nitrogen and oxygen atoms in total. The third-order valence-electron chi connectivity index (χ3n) is 12.2. The van der Waals surface area contributed by atoms with Crippen LogP contribution in [0.3, 0.4) is 0 Å². The predicted molar refractivity (Wildman–Crippen MR) is 190 cm³/mol. The Bertz CT molecular complexity index is 1390. The molecule has 3 aliphatic heterocycles. The van der Waals surface area contributed by atoms with E-state index in [-0.39, 0.29) is 36.2 Å². The first-order chi connectivity index (χ1) is 23.8. The largest absolute Gasteiger partial charge is 0.458 e. The van der Waals surface area contributed by atoms with Gasteiger partial charge in [-0.15, -0.1) is 5.10 Å². The Labute approximate surface area is 303 Å². The van der Waals surface area contributed by atoms with Gasteiger partial charge in [-0.05, 0) is 58.9 Å². The number of carbonyl (C=O) groups excluding carboxylic acids is 3. The van der Waals surface area contributed by atoms with Gasteiger partial charge >= 0.3 is 12.1 Å². The number of nitrogens with two attached hydrogens (primary N) is 1. The fourth-order valence-electron chi connectivity index (χ4n) is 8.63. The summed E-state index contributed by atoms with van der Waals surface area (Å²) in [4.78, 5) is 43.1. The Morgan fingerprint density at radius 2 is 1.78 bits per heavy atom. The second-order valence-electron chi connectivity index (χ2n) is 15.8. The molecule has 0 aromatic carbocycles. The van der Waals surface area contributed by atoms with Crippen molar-refractivity contribution in [3.05, 3.63) is 11.9 Å². The molecular weight excluding hydrogens is 659 g/mol. The van der Waals surface area contributed by atoms with Crippen LogP contribution in [0.25, 0.3) is 0 Å². The van der Waals surface area contributed by atoms with E-state index >= 15 is 0 Å². The Morgan fingerprint density at radius 1 is 1.12 bits per heavy atom. The van der Waals surface area contributed by atoms with Gasteiger partial charge in [0.2, 0.25) is 0 Å². The number of ether oxygens (including phenoxy) is 5. The van der Waals surface area contributed by atoms with Crippen molar-refractivity contribution in [1.82, 2.24) is 24.8 Å². The van der Waals surface area contributed by atoms with Crippen LogP contribution in [0.4, 0.5) is 4.79 Å². The molecule has 3 fully saturated rings. The molecule has 51 heavy (non-hydrogen) atoms. The van der Waals surface area contributed by atoms with E-state index in [0.717, 1.165) is 10.7 Å². The summed E-state index contributed by atoms with van der Waals surface area (Å²) in [6.07, 6.45) is -0.911. The van der Waals surface area contributed by atoms with E-state index in [0.29, 0.717) is 25.8 Å². The smallest absolute Gasteiger partial charge is 0.425 e. The number of methoxy groups -OCH3 is 1. The quantitative estimate of drug-likeness (QED) is 0.172. The first kappa shape index (κ1) is 41.1. The van der Waals surface area contributed by atoms with E-state index in [1.807, 2.05) is 69.7 Å². The van der Waals surface area contributed by atoms with Crippen LogP contribution in [0.2, 0.25) is 0 Å². The predicted octanol–water partition coefficient (Wildman–Crippen LogP) is 1.73. The van der Waals surface area contributed by atoms with Gasteiger partial charge in [-0.2, -0.15) is 0 Å². The summed E-state index contributed by atoms with van der Waals surface area (Å²) >= 11 is 0. The van der Waals surface area contributed by atoms with Crippen molar-refractivity contribution in [2.75, 3.05) is 20.7 Å². The minimum atomic E-state index is -1.36. The van der Waals surface area contributed by atoms with Crippen LogP contribution in [0, 0.1) is 29.6 Å². The lowest BCUT2D eigenvalue weighted by atomic mass is 9.71. The monoisotopic (exact) mass is 720 g/mol. The van der Waals surface area contributed by atoms with Crippen molar-refractivity contribution in [3.63, 3.8) is 0 Å². The highest BCUT2D eigenvalue weighted by molar-refractivity contribution is 6.05. The van der Waals surface area contributed by atoms with Gasteiger partial charge in [0.05, 0.1) is 29.4 Å². The highest BCUT2D eigenvalue weighted by Gasteiger charge is 2.60. The molecule has 1 aromatic rings. The number of rotatable bonds is 8. The van der Waals surface area contributed by atoms with E-state index in [2.05, 4.69) is 15.2 Å². The first-order valence-corrected chi connectivity index (χ1v) is 18.4. The Kier molecular flexibility index (Phi) is 13.0. The first-order valence-electron chi connectivity index (χ1n) is 18.4. The summed E-state index contributed by atoms with van der Waals surface area (Å²) in [6.45, 7) is 17.3. The number of likely N-dealkylation sites (N-methyl/N-ethyl adjacent to an activating group) is 1. The minimum Gasteiger partial charge on any atom is -0.458 e. The van der Waals surface area contributed by atoms with Gasteiger partial charge in [0, 0.05) is 44.1 Å². The standard InChI is InChI=1S/C35H61BN6O9/c1-12-26-35(9)29(42(37)33(46)51-35)23(7)27(43)18(2)16-34(8,47-11)30(21(5)20(4)22(6)31(45)49-26)50-32-28(44)25(15-19(3)48-32)40(10)14-13-24-17-41(36)39-38-24/h17-23,25-26,28-30,32,44H,12-16,36-37H2,1-11H3/t18-,19-,20+,21+,22-,23-,25?,26-,28?,29-,30-,32-,34-,35-/m1/s1. The molecule has 3 aliphatic rings. The summed E-state index contributed by atoms with van der Waals surface area (Å²) in [5.74, 6) is 3.04. The third kappa shape index (κ3) is 8.30. The van der Waals surface area contributed by atoms with Gasteiger partial charge in [0.25, 0.3) is 7.98 Å². The van der Waals surface area contributed by atoms with Crippen LogP contribution >= 0.6 is 0 Å². The molecule has 0 bridgehead atoms. The normalized spacial score (nSPS) is 41.6. The molecule has 0 saturated carbocycles. The van der Waals surface area contributed by atoms with Gasteiger partial charge in [-0.1, -0.05) is 46.8 Å². The van der Waals surface area contributed by atoms with Crippen LogP contribution < -0.4 is 5.84 Å². The second kappa shape index (κ2) is 16.2. The number of hydrazine groups is 1. The number of nitrogens with zero attached hydrogens (tertiary/aromatic N) is 5. The van der Waals surface area contributed by atoms with Crippen LogP contribution in [0.1, 0.15) is 87.3 Å². The molecular formula is C35H61BN6O9. The van der Waals surface area contributed by atoms with E-state index in [4.69, 9.17) is 29.5 Å². The van der Waals surface area contributed by atoms with Crippen LogP contribution in [0.5, 0.6) is 0 Å². The van der Waals surface area contributed by atoms with Crippen molar-refractivity contribution in [1.29, 1.82) is 0 Å². The number of amides is 1. The van der Waals surface area contributed by atoms with Crippen LogP contribution in [-0.2, 0) is 39.7 Å². The molecule has 3 N–H and O–H groups in total. The Hall–Kier alpha value is -2.63. The topological polar surface area (TPSA) is 181 Å². The van der Waals surface area contributed by atoms with Crippen molar-refractivity contribution in [2.45, 2.75) is 142 Å². The molecule has 16 heteroatoms. The van der Waals surface area contributed by atoms with Crippen molar-refractivity contribution in [3.8, 4) is 0 Å². The molecule has 3 saturated heterocycles. The molecule has 1 aromatic heterocycles. The fraction of sp³-hybridized carbons (Fsp3) is 0.857. The van der Waals surface area contributed by atoms with E-state index < -0.39 is 71.7 Å². The SMILES string of the molecule is Bn1cc(CCN(C)C2C[C@@H](C)O[C@H](O[C@@H]3[C@@H](C)[C@H](C)[C@@H](C)C(=O)O[C@H](CC)[C@@]4(C)OC(=O)N(N)[C@@H]4[C@H](C)C(=O)[C@H](C)C[C@@]3(C)OC)C2O)nn1. The van der Waals surface area contributed by atoms with E-state index in [1.54, 1.807) is 25.6 Å². The fourth-order valence-corrected chi connectivity index (χ4v) is 8.63. The number of aliphatic hydroxyl groups is 1. The summed E-state index contributed by atoms with van der Waals surface area (Å²) in [6, 6.07) is -1.16. The zero-order valence-electron chi connectivity index (χ0n) is 32.6. The zero-order valence-corrected chi connectivity index (χ0v) is 32.6. The molecule has 4 heterocycles. The number of esters is 1. The second-order valence-corrected chi connectivity index (χ2v) is 15.8. The van der Waals surface area contributed by atoms with Crippen molar-refractivity contribution >= 4 is 25.8 Å². The lowest BCUT2D eigenvalue weighted by Gasteiger charge is -2.48. The number of Topliss-reactive ketones (excluding diaryl/α,β-unsaturated/α-hetero) is 1. The number of ketones is 1. The maximum absolute atomic E-state index is 14.3. The molecule has 0 radical (unpaired) electrons. The Morgan fingerprint density at radius 3 is 2.37 bits per heavy atom. The minimum absolute atomic E-state index is 0.151. The lowest BCUT2D eigenvalue weighted by Crippen LogP contribution is -2.60. The molecule has 14 atom stereocenters. The van der Waals surface area contributed by atoms with Crippen molar-refractivity contribution in [2.24, 2.45) is 35.4 Å². The number of cyclic esters (lactones) is 1. The maximum Gasteiger partial charge on any atom is 0.425 e. The average Bonchev–Trinajstić information content (AvgIpc) is 3.61. The zero-order chi connectivity index (χ0) is 38.2. The highest BCUT2D eigenvalue weighted by atomic mass is 16.7. The summed E-state index contributed by atoms with van der Waals surface area (Å²) < 4.78 is 33.0. The summed E-state index contributed by atoms with van der Waals surface area (Å²) in [5.41, 5.74) is -1.58. The molecule has 2 unspecified atom stereocenters. The highest BCUT2D eigenvalue weighted by Crippen LogP contribution is 2.43. The van der Waals surface area contributed by atoms with E-state index in [9.17, 15) is 19.5 Å². The van der Waals surface area contributed by atoms with Crippen molar-refractivity contribution < 1.29 is 43.2 Å². The number of hydrogen-bond acceptors (Lipinski definition) is 13. The average molecular weight is 721 g/mol. The number of carbonyl (C=O) groups is 3. The third-order valence-corrected chi connectivity index (χ3v) is 12.2. The molecule has 288 valence electrons.